The molecule has 1 fully saturated rings. The highest BCUT2D eigenvalue weighted by atomic mass is 35.5. The maximum absolute atomic E-state index is 9.18. The fourth-order valence-electron chi connectivity index (χ4n) is 3.54. The van der Waals surface area contributed by atoms with Gasteiger partial charge in [0.2, 0.25) is 0 Å². The summed E-state index contributed by atoms with van der Waals surface area (Å²) in [6, 6.07) is 0. The van der Waals surface area contributed by atoms with Crippen LogP contribution in [-0.4, -0.2) is 30.7 Å². The quantitative estimate of drug-likeness (QED) is 0.408. The summed E-state index contributed by atoms with van der Waals surface area (Å²) in [6.07, 6.45) is 16.5. The van der Waals surface area contributed by atoms with E-state index in [0.29, 0.717) is 12.5 Å². The average molecular weight is 334 g/mol. The molecule has 22 heavy (non-hydrogen) atoms. The Morgan fingerprint density at radius 3 is 2.23 bits per heavy atom. The molecule has 1 rings (SSSR count). The first-order valence-corrected chi connectivity index (χ1v) is 9.90. The molecule has 0 radical (unpaired) electrons. The molecule has 0 aromatic carbocycles. The third-order valence-corrected chi connectivity index (χ3v) is 5.49. The fourth-order valence-corrected chi connectivity index (χ4v) is 4.02. The zero-order valence-electron chi connectivity index (χ0n) is 15.3. The van der Waals surface area contributed by atoms with Gasteiger partial charge in [-0.2, -0.15) is 0 Å². The summed E-state index contributed by atoms with van der Waals surface area (Å²) >= 11 is 6.87. The molecular formula is C19H40ClNO. The lowest BCUT2D eigenvalue weighted by Crippen LogP contribution is -2.35. The maximum Gasteiger partial charge on any atom is 0.0475 e. The van der Waals surface area contributed by atoms with Gasteiger partial charge < -0.3 is 10.4 Å². The topological polar surface area (TPSA) is 32.3 Å². The first kappa shape index (κ1) is 22.2. The van der Waals surface area contributed by atoms with Gasteiger partial charge in [0.15, 0.2) is 0 Å². The number of halogens is 1. The van der Waals surface area contributed by atoms with E-state index in [2.05, 4.69) is 12.2 Å². The summed E-state index contributed by atoms with van der Waals surface area (Å²) in [5, 5.41) is 11.9. The molecule has 134 valence electrons. The number of rotatable bonds is 10. The van der Waals surface area contributed by atoms with Crippen LogP contribution in [-0.2, 0) is 0 Å². The van der Waals surface area contributed by atoms with Gasteiger partial charge in [-0.25, -0.2) is 0 Å². The molecule has 0 aromatic heterocycles. The van der Waals surface area contributed by atoms with Crippen LogP contribution in [0.1, 0.15) is 90.4 Å². The molecule has 0 heterocycles. The predicted molar refractivity (Wildman–Crippen MR) is 99.8 cm³/mol. The van der Waals surface area contributed by atoms with Crippen LogP contribution in [0.3, 0.4) is 0 Å². The number of hydrogen-bond acceptors (Lipinski definition) is 2. The Kier molecular flexibility index (Phi) is 14.9. The van der Waals surface area contributed by atoms with E-state index in [9.17, 15) is 5.11 Å². The smallest absolute Gasteiger partial charge is 0.0475 e. The zero-order valence-corrected chi connectivity index (χ0v) is 16.1. The van der Waals surface area contributed by atoms with E-state index < -0.39 is 0 Å². The number of unbranched alkanes of at least 4 members (excludes halogenated alkanes) is 6. The van der Waals surface area contributed by atoms with Gasteiger partial charge in [0, 0.05) is 11.5 Å². The van der Waals surface area contributed by atoms with Crippen LogP contribution in [0.2, 0.25) is 0 Å². The van der Waals surface area contributed by atoms with Gasteiger partial charge in [-0.1, -0.05) is 64.7 Å². The van der Waals surface area contributed by atoms with Gasteiger partial charge in [-0.3, -0.25) is 0 Å². The van der Waals surface area contributed by atoms with Gasteiger partial charge in [0.1, 0.15) is 0 Å². The van der Waals surface area contributed by atoms with Gasteiger partial charge in [-0.15, -0.1) is 11.6 Å². The van der Waals surface area contributed by atoms with Gasteiger partial charge in [0.25, 0.3) is 0 Å². The van der Waals surface area contributed by atoms with Crippen molar-refractivity contribution in [2.24, 2.45) is 5.92 Å². The van der Waals surface area contributed by atoms with Crippen molar-refractivity contribution in [3.63, 3.8) is 0 Å². The zero-order chi connectivity index (χ0) is 16.7. The number of aliphatic hydroxyl groups is 1. The minimum Gasteiger partial charge on any atom is -0.396 e. The average Bonchev–Trinajstić information content (AvgIpc) is 2.50. The van der Waals surface area contributed by atoms with Crippen LogP contribution in [0.4, 0.5) is 0 Å². The lowest BCUT2D eigenvalue weighted by atomic mass is 9.74. The summed E-state index contributed by atoms with van der Waals surface area (Å²) in [5.41, 5.74) is 0. The van der Waals surface area contributed by atoms with Crippen LogP contribution in [0.25, 0.3) is 0 Å². The molecule has 1 aliphatic carbocycles. The number of aliphatic hydroxyl groups excluding tert-OH is 1. The standard InChI is InChI=1S/C17H33ClO.C2H7N/c1-2-3-4-5-6-7-9-13-17(18)14-10-8-11-16(17)12-15-19;1-3-2/h16,19H,2-15H2,1H3;3H,1-2H3. The van der Waals surface area contributed by atoms with Gasteiger partial charge in [-0.05, 0) is 45.7 Å². The van der Waals surface area contributed by atoms with Crippen LogP contribution >= 0.6 is 11.6 Å². The molecule has 2 atom stereocenters. The summed E-state index contributed by atoms with van der Waals surface area (Å²) in [7, 11) is 3.75. The monoisotopic (exact) mass is 333 g/mol. The van der Waals surface area contributed by atoms with E-state index in [1.165, 1.54) is 64.2 Å². The molecule has 0 spiro atoms. The highest BCUT2D eigenvalue weighted by molar-refractivity contribution is 6.24. The van der Waals surface area contributed by atoms with Crippen LogP contribution < -0.4 is 5.32 Å². The Bertz CT molecular complexity index is 235. The van der Waals surface area contributed by atoms with Gasteiger partial charge >= 0.3 is 0 Å². The largest absolute Gasteiger partial charge is 0.396 e. The molecule has 1 aliphatic rings. The van der Waals surface area contributed by atoms with Crippen molar-refractivity contribution < 1.29 is 5.11 Å². The molecule has 1 saturated carbocycles. The highest BCUT2D eigenvalue weighted by Gasteiger charge is 2.37. The van der Waals surface area contributed by atoms with Crippen molar-refractivity contribution >= 4 is 11.6 Å². The Hall–Kier alpha value is 0.210. The first-order valence-electron chi connectivity index (χ1n) is 9.52. The Labute approximate surface area is 144 Å². The highest BCUT2D eigenvalue weighted by Crippen LogP contribution is 2.44. The molecule has 3 heteroatoms. The van der Waals surface area contributed by atoms with Crippen molar-refractivity contribution in [2.45, 2.75) is 95.3 Å². The number of alkyl halides is 1. The Balaban J connectivity index is 0.00000135. The summed E-state index contributed by atoms with van der Waals surface area (Å²) in [5.74, 6) is 0.549. The fraction of sp³-hybridized carbons (Fsp3) is 1.00. The molecule has 2 N–H and O–H groups in total. The van der Waals surface area contributed by atoms with E-state index in [-0.39, 0.29) is 4.87 Å². The summed E-state index contributed by atoms with van der Waals surface area (Å²) in [4.78, 5) is 0.00436. The van der Waals surface area contributed by atoms with Crippen molar-refractivity contribution in [3.05, 3.63) is 0 Å². The minimum absolute atomic E-state index is 0.00436. The van der Waals surface area contributed by atoms with Gasteiger partial charge in [0.05, 0.1) is 0 Å². The van der Waals surface area contributed by atoms with Crippen molar-refractivity contribution in [3.8, 4) is 0 Å². The molecule has 0 saturated heterocycles. The molecule has 0 bridgehead atoms. The van der Waals surface area contributed by atoms with Crippen LogP contribution in [0.5, 0.6) is 0 Å². The van der Waals surface area contributed by atoms with E-state index in [1.807, 2.05) is 14.1 Å². The molecule has 0 amide bonds. The summed E-state index contributed by atoms with van der Waals surface area (Å²) in [6.45, 7) is 2.57. The molecule has 2 unspecified atom stereocenters. The molecule has 0 aromatic rings. The van der Waals surface area contributed by atoms with E-state index in [1.54, 1.807) is 0 Å². The van der Waals surface area contributed by atoms with Crippen molar-refractivity contribution in [1.29, 1.82) is 0 Å². The lowest BCUT2D eigenvalue weighted by molar-refractivity contribution is 0.183. The minimum atomic E-state index is 0.00436. The van der Waals surface area contributed by atoms with Crippen molar-refractivity contribution in [2.75, 3.05) is 20.7 Å². The second kappa shape index (κ2) is 14.8. The third-order valence-electron chi connectivity index (χ3n) is 4.80. The lowest BCUT2D eigenvalue weighted by Gasteiger charge is -2.39. The maximum atomic E-state index is 9.18. The third kappa shape index (κ3) is 10.1. The second-order valence-corrected chi connectivity index (χ2v) is 7.61. The predicted octanol–water partition coefficient (Wildman–Crippen LogP) is 5.51. The summed E-state index contributed by atoms with van der Waals surface area (Å²) < 4.78 is 0. The first-order chi connectivity index (χ1) is 10.6. The van der Waals surface area contributed by atoms with E-state index in [4.69, 9.17) is 11.6 Å². The van der Waals surface area contributed by atoms with Crippen LogP contribution in [0.15, 0.2) is 0 Å². The second-order valence-electron chi connectivity index (χ2n) is 6.86. The van der Waals surface area contributed by atoms with E-state index in [0.717, 1.165) is 19.3 Å². The van der Waals surface area contributed by atoms with Crippen molar-refractivity contribution in [1.82, 2.24) is 5.32 Å². The van der Waals surface area contributed by atoms with Crippen LogP contribution in [0, 0.1) is 5.92 Å². The molecule has 2 nitrogen and oxygen atoms in total. The number of nitrogens with one attached hydrogen (secondary N) is 1. The molecule has 0 aliphatic heterocycles. The normalized spacial score (nSPS) is 24.7. The molecular weight excluding hydrogens is 294 g/mol. The SMILES string of the molecule is CCCCCCCCCC1(Cl)CCCCC1CCO.CNC. The number of hydrogen-bond donors (Lipinski definition) is 2. The Morgan fingerprint density at radius 1 is 1.05 bits per heavy atom. The Morgan fingerprint density at radius 2 is 1.64 bits per heavy atom. The van der Waals surface area contributed by atoms with E-state index >= 15 is 0 Å².